The highest BCUT2D eigenvalue weighted by atomic mass is 16.3. The molecular weight excluding hydrogens is 424 g/mol. The zero-order valence-electron chi connectivity index (χ0n) is 20.7. The lowest BCUT2D eigenvalue weighted by molar-refractivity contribution is -0.134. The van der Waals surface area contributed by atoms with Gasteiger partial charge in [-0.05, 0) is 6.42 Å². The molecule has 1 fully saturated rings. The lowest BCUT2D eigenvalue weighted by atomic mass is 9.92. The summed E-state index contributed by atoms with van der Waals surface area (Å²) in [4.78, 5) is 38.0. The smallest absolute Gasteiger partial charge is 0.333 e. The zero-order valence-corrected chi connectivity index (χ0v) is 20.7. The minimum absolute atomic E-state index is 0.296. The van der Waals surface area contributed by atoms with Crippen LogP contribution >= 0.6 is 0 Å². The summed E-state index contributed by atoms with van der Waals surface area (Å²) in [5, 5.41) is 30.5. The van der Waals surface area contributed by atoms with E-state index in [1.165, 1.54) is 78.0 Å². The van der Waals surface area contributed by atoms with Crippen LogP contribution in [0.1, 0.15) is 90.4 Å². The van der Waals surface area contributed by atoms with E-state index < -0.39 is 42.6 Å². The van der Waals surface area contributed by atoms with Crippen molar-refractivity contribution in [1.29, 1.82) is 0 Å². The fourth-order valence-electron chi connectivity index (χ4n) is 4.12. The highest BCUT2D eigenvalue weighted by molar-refractivity contribution is 6.28. The van der Waals surface area contributed by atoms with E-state index in [1.54, 1.807) is 0 Å². The van der Waals surface area contributed by atoms with Crippen LogP contribution in [0.25, 0.3) is 0 Å². The topological polar surface area (TPSA) is 118 Å². The van der Waals surface area contributed by atoms with E-state index in [0.717, 1.165) is 29.1 Å². The first-order chi connectivity index (χ1) is 15.8. The van der Waals surface area contributed by atoms with Gasteiger partial charge in [-0.25, -0.2) is 4.79 Å². The summed E-state index contributed by atoms with van der Waals surface area (Å²) >= 11 is 0. The number of unbranched alkanes of at least 4 members (excludes halogenated alkanes) is 11. The summed E-state index contributed by atoms with van der Waals surface area (Å²) in [7, 11) is 2.52. The SMILES string of the molecule is CCCCCCCCCCCCCC[C@@H](O)[C@@H](O)[C@@H](C=C1C(=O)N(C)C(=O)N(C)C1=O)CO. The Morgan fingerprint density at radius 2 is 1.18 bits per heavy atom. The Morgan fingerprint density at radius 3 is 1.61 bits per heavy atom. The second-order valence-electron chi connectivity index (χ2n) is 9.17. The highest BCUT2D eigenvalue weighted by Crippen LogP contribution is 2.21. The Morgan fingerprint density at radius 1 is 0.758 bits per heavy atom. The maximum Gasteiger partial charge on any atom is 0.333 e. The van der Waals surface area contributed by atoms with E-state index in [1.807, 2.05) is 0 Å². The van der Waals surface area contributed by atoms with Crippen LogP contribution in [0.4, 0.5) is 4.79 Å². The van der Waals surface area contributed by atoms with Crippen molar-refractivity contribution in [3.8, 4) is 0 Å². The maximum atomic E-state index is 12.3. The Bertz CT molecular complexity index is 625. The molecule has 0 saturated carbocycles. The molecule has 33 heavy (non-hydrogen) atoms. The molecule has 1 aliphatic rings. The Labute approximate surface area is 198 Å². The number of rotatable bonds is 17. The molecule has 1 saturated heterocycles. The minimum Gasteiger partial charge on any atom is -0.396 e. The molecule has 1 heterocycles. The Hall–Kier alpha value is -1.77. The number of hydrogen-bond acceptors (Lipinski definition) is 6. The number of aliphatic hydroxyl groups is 3. The van der Waals surface area contributed by atoms with Crippen molar-refractivity contribution in [2.75, 3.05) is 20.7 Å². The molecule has 0 aliphatic carbocycles. The quantitative estimate of drug-likeness (QED) is 0.171. The molecule has 0 unspecified atom stereocenters. The number of carbonyl (C=O) groups excluding carboxylic acids is 3. The molecule has 1 aliphatic heterocycles. The van der Waals surface area contributed by atoms with Crippen LogP contribution in [0.5, 0.6) is 0 Å². The van der Waals surface area contributed by atoms with Gasteiger partial charge in [0.25, 0.3) is 11.8 Å². The number of imide groups is 2. The number of aliphatic hydroxyl groups excluding tert-OH is 3. The van der Waals surface area contributed by atoms with Gasteiger partial charge in [0.15, 0.2) is 0 Å². The van der Waals surface area contributed by atoms with Crippen molar-refractivity contribution in [3.63, 3.8) is 0 Å². The predicted octanol–water partition coefficient (Wildman–Crippen LogP) is 3.38. The van der Waals surface area contributed by atoms with Crippen LogP contribution < -0.4 is 0 Å². The second-order valence-corrected chi connectivity index (χ2v) is 9.17. The first kappa shape index (κ1) is 29.3. The van der Waals surface area contributed by atoms with Crippen LogP contribution in [-0.4, -0.2) is 75.9 Å². The maximum absolute atomic E-state index is 12.3. The third-order valence-electron chi connectivity index (χ3n) is 6.42. The van der Waals surface area contributed by atoms with Crippen molar-refractivity contribution in [3.05, 3.63) is 11.6 Å². The number of urea groups is 1. The standard InChI is InChI=1S/C25H44N2O6/c1-4-5-6-7-8-9-10-11-12-13-14-15-16-21(29)22(30)19(18-28)17-20-23(31)26(2)25(33)27(3)24(20)32/h17,19,21-22,28-30H,4-16,18H2,1-3H3/t19-,21+,22-/m0/s1. The Balaban J connectivity index is 2.36. The van der Waals surface area contributed by atoms with Crippen molar-refractivity contribution < 1.29 is 29.7 Å². The van der Waals surface area contributed by atoms with Crippen LogP contribution in [0.15, 0.2) is 11.6 Å². The average molecular weight is 469 g/mol. The predicted molar refractivity (Wildman–Crippen MR) is 127 cm³/mol. The molecule has 4 amide bonds. The molecule has 3 atom stereocenters. The molecule has 0 spiro atoms. The first-order valence-corrected chi connectivity index (χ1v) is 12.5. The van der Waals surface area contributed by atoms with E-state index in [2.05, 4.69) is 6.92 Å². The summed E-state index contributed by atoms with van der Waals surface area (Å²) in [6.45, 7) is 1.69. The molecule has 8 heteroatoms. The van der Waals surface area contributed by atoms with Gasteiger partial charge in [0.05, 0.1) is 18.8 Å². The number of likely N-dealkylation sites (N-methyl/N-ethyl adjacent to an activating group) is 2. The molecule has 1 rings (SSSR count). The molecule has 3 N–H and O–H groups in total. The van der Waals surface area contributed by atoms with Crippen LogP contribution in [0.3, 0.4) is 0 Å². The number of carbonyl (C=O) groups is 3. The van der Waals surface area contributed by atoms with Crippen LogP contribution in [0.2, 0.25) is 0 Å². The van der Waals surface area contributed by atoms with E-state index in [9.17, 15) is 29.7 Å². The van der Waals surface area contributed by atoms with Gasteiger partial charge in [0.2, 0.25) is 0 Å². The third-order valence-corrected chi connectivity index (χ3v) is 6.42. The molecule has 0 aromatic carbocycles. The lowest BCUT2D eigenvalue weighted by Crippen LogP contribution is -2.53. The number of hydrogen-bond donors (Lipinski definition) is 3. The molecule has 0 aromatic rings. The number of nitrogens with zero attached hydrogens (tertiary/aromatic N) is 2. The molecule has 0 radical (unpaired) electrons. The van der Waals surface area contributed by atoms with Crippen molar-refractivity contribution in [2.24, 2.45) is 5.92 Å². The largest absolute Gasteiger partial charge is 0.396 e. The summed E-state index contributed by atoms with van der Waals surface area (Å²) in [5.41, 5.74) is -0.296. The van der Waals surface area contributed by atoms with Gasteiger partial charge in [-0.15, -0.1) is 0 Å². The van der Waals surface area contributed by atoms with Gasteiger partial charge >= 0.3 is 6.03 Å². The third kappa shape index (κ3) is 9.55. The van der Waals surface area contributed by atoms with Gasteiger partial charge in [-0.1, -0.05) is 90.0 Å². The van der Waals surface area contributed by atoms with Gasteiger partial charge in [0, 0.05) is 20.0 Å². The summed E-state index contributed by atoms with van der Waals surface area (Å²) < 4.78 is 0. The molecule has 190 valence electrons. The highest BCUT2D eigenvalue weighted by Gasteiger charge is 2.39. The molecule has 0 aromatic heterocycles. The zero-order chi connectivity index (χ0) is 24.8. The van der Waals surface area contributed by atoms with Crippen LogP contribution in [-0.2, 0) is 9.59 Å². The Kier molecular flexibility index (Phi) is 14.2. The van der Waals surface area contributed by atoms with E-state index >= 15 is 0 Å². The number of amides is 4. The average Bonchev–Trinajstić information content (AvgIpc) is 2.81. The normalized spacial score (nSPS) is 17.5. The van der Waals surface area contributed by atoms with E-state index in [4.69, 9.17) is 0 Å². The second kappa shape index (κ2) is 16.0. The molecular formula is C25H44N2O6. The van der Waals surface area contributed by atoms with Gasteiger partial charge in [0.1, 0.15) is 5.57 Å². The number of barbiturate groups is 1. The first-order valence-electron chi connectivity index (χ1n) is 12.5. The fourth-order valence-corrected chi connectivity index (χ4v) is 4.12. The molecule has 8 nitrogen and oxygen atoms in total. The van der Waals surface area contributed by atoms with Crippen molar-refractivity contribution >= 4 is 17.8 Å². The summed E-state index contributed by atoms with van der Waals surface area (Å²) in [6.07, 6.45) is 13.5. The van der Waals surface area contributed by atoms with Gasteiger partial charge in [-0.3, -0.25) is 19.4 Å². The summed E-state index contributed by atoms with van der Waals surface area (Å²) in [6, 6.07) is -0.741. The minimum atomic E-state index is -1.32. The fraction of sp³-hybridized carbons (Fsp3) is 0.800. The van der Waals surface area contributed by atoms with E-state index in [-0.39, 0.29) is 5.57 Å². The molecule has 0 bridgehead atoms. The summed E-state index contributed by atoms with van der Waals surface area (Å²) in [5.74, 6) is -2.57. The van der Waals surface area contributed by atoms with Gasteiger partial charge < -0.3 is 15.3 Å². The monoisotopic (exact) mass is 468 g/mol. The van der Waals surface area contributed by atoms with Crippen LogP contribution in [0, 0.1) is 5.92 Å². The van der Waals surface area contributed by atoms with Crippen molar-refractivity contribution in [2.45, 2.75) is 103 Å². The van der Waals surface area contributed by atoms with Gasteiger partial charge in [-0.2, -0.15) is 0 Å². The van der Waals surface area contributed by atoms with Crippen molar-refractivity contribution in [1.82, 2.24) is 9.80 Å². The lowest BCUT2D eigenvalue weighted by Gasteiger charge is -2.30. The van der Waals surface area contributed by atoms with E-state index in [0.29, 0.717) is 6.42 Å².